The molecule has 6 heteroatoms. The average molecular weight is 495 g/mol. The van der Waals surface area contributed by atoms with Gasteiger partial charge in [0.05, 0.1) is 30.0 Å². The van der Waals surface area contributed by atoms with Crippen molar-refractivity contribution in [3.8, 4) is 0 Å². The third-order valence-corrected chi connectivity index (χ3v) is 16.3. The molecule has 0 radical (unpaired) electrons. The fraction of sp³-hybridized carbons (Fsp3) is 1.00. The lowest BCUT2D eigenvalue weighted by atomic mass is 9.41. The first kappa shape index (κ1) is 25.7. The topological polar surface area (TPSA) is 68.2 Å². The quantitative estimate of drug-likeness (QED) is 0.487. The minimum Gasteiger partial charge on any atom is -0.413 e. The van der Waals surface area contributed by atoms with Crippen LogP contribution in [0.3, 0.4) is 0 Å². The fourth-order valence-corrected chi connectivity index (χ4v) is 10.2. The molecule has 2 N–H and O–H groups in total. The third kappa shape index (κ3) is 3.41. The molecule has 0 aromatic heterocycles. The van der Waals surface area contributed by atoms with Crippen LogP contribution in [0, 0.1) is 28.6 Å². The number of rotatable bonds is 2. The molecule has 1 saturated heterocycles. The highest BCUT2D eigenvalue weighted by Gasteiger charge is 2.74. The van der Waals surface area contributed by atoms with Gasteiger partial charge in [-0.25, -0.2) is 0 Å². The molecule has 5 rings (SSSR count). The van der Waals surface area contributed by atoms with E-state index in [1.54, 1.807) is 0 Å². The first-order valence-electron chi connectivity index (χ1n) is 13.9. The Morgan fingerprint density at radius 3 is 2.18 bits per heavy atom. The molecule has 1 aliphatic heterocycles. The Kier molecular flexibility index (Phi) is 5.69. The number of aliphatic hydroxyl groups is 2. The highest BCUT2D eigenvalue weighted by atomic mass is 28.4. The first-order valence-corrected chi connectivity index (χ1v) is 16.8. The van der Waals surface area contributed by atoms with Crippen LogP contribution in [0.25, 0.3) is 0 Å². The Balaban J connectivity index is 1.53. The molecule has 0 spiro atoms. The summed E-state index contributed by atoms with van der Waals surface area (Å²) in [5.41, 5.74) is -1.01. The maximum absolute atomic E-state index is 12.7. The van der Waals surface area contributed by atoms with Gasteiger partial charge in [-0.2, -0.15) is 0 Å². The summed E-state index contributed by atoms with van der Waals surface area (Å²) in [6.07, 6.45) is 6.00. The Morgan fingerprint density at radius 1 is 0.882 bits per heavy atom. The summed E-state index contributed by atoms with van der Waals surface area (Å²) in [6, 6.07) is 0. The van der Waals surface area contributed by atoms with E-state index in [4.69, 9.17) is 13.9 Å². The molecular weight excluding hydrogens is 444 g/mol. The molecule has 1 heterocycles. The van der Waals surface area contributed by atoms with Crippen LogP contribution >= 0.6 is 0 Å². The molecule has 0 bridgehead atoms. The minimum absolute atomic E-state index is 0.0440. The van der Waals surface area contributed by atoms with Gasteiger partial charge in [-0.05, 0) is 94.2 Å². The molecule has 5 nitrogen and oxygen atoms in total. The highest BCUT2D eigenvalue weighted by Crippen LogP contribution is 2.70. The molecule has 34 heavy (non-hydrogen) atoms. The van der Waals surface area contributed by atoms with Crippen molar-refractivity contribution in [1.82, 2.24) is 0 Å². The molecule has 5 fully saturated rings. The van der Waals surface area contributed by atoms with Crippen LogP contribution in [0.1, 0.15) is 93.4 Å². The summed E-state index contributed by atoms with van der Waals surface area (Å²) in [7, 11) is -1.90. The van der Waals surface area contributed by atoms with Gasteiger partial charge in [0.2, 0.25) is 0 Å². The Bertz CT molecular complexity index is 822. The summed E-state index contributed by atoms with van der Waals surface area (Å²) in [5.74, 6) is -0.139. The van der Waals surface area contributed by atoms with Crippen molar-refractivity contribution in [2.45, 2.75) is 147 Å². The number of ether oxygens (including phenoxy) is 2. The molecule has 4 aliphatic carbocycles. The van der Waals surface area contributed by atoms with E-state index in [1.165, 1.54) is 0 Å². The van der Waals surface area contributed by atoms with Gasteiger partial charge in [-0.1, -0.05) is 34.6 Å². The number of fused-ring (bicyclic) bond motifs is 8. The van der Waals surface area contributed by atoms with Gasteiger partial charge in [0, 0.05) is 11.3 Å². The van der Waals surface area contributed by atoms with Crippen LogP contribution in [0.5, 0.6) is 0 Å². The average Bonchev–Trinajstić information content (AvgIpc) is 3.19. The third-order valence-electron chi connectivity index (χ3n) is 11.8. The minimum atomic E-state index is -1.90. The van der Waals surface area contributed by atoms with Crippen molar-refractivity contribution < 1.29 is 24.1 Å². The van der Waals surface area contributed by atoms with Crippen LogP contribution in [0.2, 0.25) is 18.1 Å². The summed E-state index contributed by atoms with van der Waals surface area (Å²) >= 11 is 0. The lowest BCUT2D eigenvalue weighted by Gasteiger charge is -2.67. The molecule has 196 valence electrons. The predicted molar refractivity (Wildman–Crippen MR) is 136 cm³/mol. The van der Waals surface area contributed by atoms with Crippen molar-refractivity contribution in [3.63, 3.8) is 0 Å². The van der Waals surface area contributed by atoms with E-state index < -0.39 is 19.7 Å². The second kappa shape index (κ2) is 7.54. The monoisotopic (exact) mass is 494 g/mol. The van der Waals surface area contributed by atoms with Crippen LogP contribution in [0.4, 0.5) is 0 Å². The van der Waals surface area contributed by atoms with Crippen LogP contribution in [-0.4, -0.2) is 54.3 Å². The maximum Gasteiger partial charge on any atom is 0.192 e. The maximum atomic E-state index is 12.7. The van der Waals surface area contributed by atoms with E-state index in [9.17, 15) is 10.2 Å². The Morgan fingerprint density at radius 2 is 1.53 bits per heavy atom. The van der Waals surface area contributed by atoms with Gasteiger partial charge in [0.1, 0.15) is 0 Å². The highest BCUT2D eigenvalue weighted by molar-refractivity contribution is 6.74. The predicted octanol–water partition coefficient (Wildman–Crippen LogP) is 5.64. The molecule has 4 saturated carbocycles. The van der Waals surface area contributed by atoms with Crippen LogP contribution in [-0.2, 0) is 13.9 Å². The van der Waals surface area contributed by atoms with Crippen molar-refractivity contribution in [1.29, 1.82) is 0 Å². The van der Waals surface area contributed by atoms with E-state index in [-0.39, 0.29) is 52.1 Å². The molecule has 0 aromatic rings. The first-order chi connectivity index (χ1) is 15.5. The van der Waals surface area contributed by atoms with Crippen LogP contribution in [0.15, 0.2) is 0 Å². The summed E-state index contributed by atoms with van der Waals surface area (Å²) in [6.45, 7) is 20.5. The Labute approximate surface area is 208 Å². The lowest BCUT2D eigenvalue weighted by Crippen LogP contribution is -2.73. The smallest absolute Gasteiger partial charge is 0.192 e. The van der Waals surface area contributed by atoms with E-state index >= 15 is 0 Å². The standard InChI is InChI=1S/C28H50O5Si/c1-24(2,3)34(8,9)33-20-11-10-18-21-23-22(31-25(4,5)32-23)19-16-17(29)12-13-27(19,7)28(21,30)15-14-26(18,20)6/h17-23,29-30H,10-16H2,1-9H3/t17-,18?,19?,20+,21?,22-,23-,26+,27+,28-/m1/s1. The molecule has 5 aliphatic rings. The van der Waals surface area contributed by atoms with Crippen molar-refractivity contribution in [2.24, 2.45) is 28.6 Å². The molecule has 3 unspecified atom stereocenters. The van der Waals surface area contributed by atoms with Gasteiger partial charge in [0.25, 0.3) is 0 Å². The molecule has 10 atom stereocenters. The zero-order valence-corrected chi connectivity index (χ0v) is 24.1. The SMILES string of the molecule is CC1(C)O[C@@H]2C3C[C@H](O)CC[C@]3(C)[C@@]3(O)CC[C@@]4(C)C(CC[C@@H]4O[Si](C)(C)C(C)(C)C)C3[C@H]2O1. The zero-order valence-electron chi connectivity index (χ0n) is 23.1. The van der Waals surface area contributed by atoms with E-state index in [0.717, 1.165) is 38.5 Å². The van der Waals surface area contributed by atoms with Crippen molar-refractivity contribution in [2.75, 3.05) is 0 Å². The normalized spacial score (nSPS) is 52.5. The van der Waals surface area contributed by atoms with Crippen molar-refractivity contribution >= 4 is 8.32 Å². The number of hydrogen-bond acceptors (Lipinski definition) is 5. The Hall–Kier alpha value is 0.0169. The molecule has 0 aromatic carbocycles. The van der Waals surface area contributed by atoms with E-state index in [2.05, 4.69) is 47.7 Å². The summed E-state index contributed by atoms with van der Waals surface area (Å²) in [4.78, 5) is 0. The van der Waals surface area contributed by atoms with Gasteiger partial charge in [0.15, 0.2) is 14.1 Å². The van der Waals surface area contributed by atoms with E-state index in [1.807, 2.05) is 13.8 Å². The zero-order chi connectivity index (χ0) is 25.1. The van der Waals surface area contributed by atoms with Gasteiger partial charge in [-0.3, -0.25) is 0 Å². The molecule has 0 amide bonds. The second-order valence-corrected chi connectivity index (χ2v) is 19.8. The molecular formula is C28H50O5Si. The van der Waals surface area contributed by atoms with Crippen LogP contribution < -0.4 is 0 Å². The summed E-state index contributed by atoms with van der Waals surface area (Å²) in [5, 5.41) is 23.5. The summed E-state index contributed by atoms with van der Waals surface area (Å²) < 4.78 is 20.4. The van der Waals surface area contributed by atoms with Gasteiger partial charge >= 0.3 is 0 Å². The number of aliphatic hydroxyl groups excluding tert-OH is 1. The van der Waals surface area contributed by atoms with Gasteiger partial charge < -0.3 is 24.1 Å². The van der Waals surface area contributed by atoms with E-state index in [0.29, 0.717) is 12.3 Å². The lowest BCUT2D eigenvalue weighted by molar-refractivity contribution is -0.279. The largest absolute Gasteiger partial charge is 0.413 e. The second-order valence-electron chi connectivity index (χ2n) is 15.0. The fourth-order valence-electron chi connectivity index (χ4n) is 8.78. The number of hydrogen-bond donors (Lipinski definition) is 2. The van der Waals surface area contributed by atoms with Gasteiger partial charge in [-0.15, -0.1) is 0 Å². The van der Waals surface area contributed by atoms with Crippen molar-refractivity contribution in [3.05, 3.63) is 0 Å².